The Morgan fingerprint density at radius 3 is 2.75 bits per heavy atom. The number of unbranched alkanes of at least 4 members (excludes halogenated alkanes) is 3. The van der Waals surface area contributed by atoms with Gasteiger partial charge in [-0.1, -0.05) is 26.2 Å². The zero-order valence-electron chi connectivity index (χ0n) is 7.48. The Morgan fingerprint density at radius 1 is 1.33 bits per heavy atom. The molecule has 0 fully saturated rings. The topological polar surface area (TPSA) is 13.1 Å². The Labute approximate surface area is 78.7 Å². The molecule has 0 N–H and O–H groups in total. The number of halogens is 1. The molecule has 0 aliphatic carbocycles. The molecule has 68 valence electrons. The summed E-state index contributed by atoms with van der Waals surface area (Å²) in [6.45, 7) is 2.21. The first-order valence-corrected chi connectivity index (χ1v) is 4.94. The number of furan rings is 1. The lowest BCUT2D eigenvalue weighted by molar-refractivity contribution is 0.564. The SMILES string of the molecule is CCCCCCc1ccoc1Cl. The van der Waals surface area contributed by atoms with E-state index >= 15 is 0 Å². The van der Waals surface area contributed by atoms with Crippen molar-refractivity contribution in [2.24, 2.45) is 0 Å². The first kappa shape index (κ1) is 9.66. The van der Waals surface area contributed by atoms with Crippen molar-refractivity contribution < 1.29 is 4.42 Å². The summed E-state index contributed by atoms with van der Waals surface area (Å²) >= 11 is 5.79. The number of aryl methyl sites for hydroxylation is 1. The van der Waals surface area contributed by atoms with Crippen LogP contribution < -0.4 is 0 Å². The maximum absolute atomic E-state index is 5.79. The summed E-state index contributed by atoms with van der Waals surface area (Å²) in [5.74, 6) is 0. The highest BCUT2D eigenvalue weighted by atomic mass is 35.5. The quantitative estimate of drug-likeness (QED) is 0.633. The van der Waals surface area contributed by atoms with Crippen LogP contribution in [0, 0.1) is 0 Å². The summed E-state index contributed by atoms with van der Waals surface area (Å²) in [6.07, 6.45) is 7.80. The van der Waals surface area contributed by atoms with Crippen molar-refractivity contribution in [1.82, 2.24) is 0 Å². The predicted molar refractivity (Wildman–Crippen MR) is 51.6 cm³/mol. The van der Waals surface area contributed by atoms with Gasteiger partial charge in [0.1, 0.15) is 0 Å². The van der Waals surface area contributed by atoms with E-state index in [-0.39, 0.29) is 0 Å². The van der Waals surface area contributed by atoms with E-state index in [1.165, 1.54) is 25.7 Å². The molecule has 1 aromatic heterocycles. The molecule has 0 amide bonds. The zero-order chi connectivity index (χ0) is 8.81. The van der Waals surface area contributed by atoms with Gasteiger partial charge in [0.25, 0.3) is 0 Å². The van der Waals surface area contributed by atoms with Crippen LogP contribution in [0.15, 0.2) is 16.7 Å². The molecule has 0 aliphatic rings. The fourth-order valence-corrected chi connectivity index (χ4v) is 1.45. The van der Waals surface area contributed by atoms with E-state index in [9.17, 15) is 0 Å². The van der Waals surface area contributed by atoms with E-state index in [0.29, 0.717) is 5.22 Å². The molecule has 1 nitrogen and oxygen atoms in total. The lowest BCUT2D eigenvalue weighted by Crippen LogP contribution is -1.83. The Kier molecular flexibility index (Phi) is 4.23. The molecular weight excluding hydrogens is 172 g/mol. The largest absolute Gasteiger partial charge is 0.453 e. The van der Waals surface area contributed by atoms with Crippen molar-refractivity contribution in [1.29, 1.82) is 0 Å². The summed E-state index contributed by atoms with van der Waals surface area (Å²) in [5.41, 5.74) is 1.15. The lowest BCUT2D eigenvalue weighted by Gasteiger charge is -1.97. The molecule has 12 heavy (non-hydrogen) atoms. The van der Waals surface area contributed by atoms with Crippen molar-refractivity contribution in [3.63, 3.8) is 0 Å². The second kappa shape index (κ2) is 5.26. The lowest BCUT2D eigenvalue weighted by atomic mass is 10.1. The third-order valence-corrected chi connectivity index (χ3v) is 2.32. The Hall–Kier alpha value is -0.430. The van der Waals surface area contributed by atoms with Gasteiger partial charge in [0.05, 0.1) is 6.26 Å². The molecule has 0 saturated carbocycles. The highest BCUT2D eigenvalue weighted by Gasteiger charge is 2.01. The van der Waals surface area contributed by atoms with E-state index < -0.39 is 0 Å². The van der Waals surface area contributed by atoms with Crippen LogP contribution in [-0.4, -0.2) is 0 Å². The molecule has 0 atom stereocenters. The summed E-state index contributed by atoms with van der Waals surface area (Å²) in [6, 6.07) is 1.95. The molecule has 0 radical (unpaired) electrons. The van der Waals surface area contributed by atoms with Gasteiger partial charge in [-0.25, -0.2) is 0 Å². The average molecular weight is 187 g/mol. The molecule has 1 heterocycles. The average Bonchev–Trinajstić information content (AvgIpc) is 2.46. The van der Waals surface area contributed by atoms with E-state index in [1.54, 1.807) is 6.26 Å². The molecular formula is C10H15ClO. The third-order valence-electron chi connectivity index (χ3n) is 1.99. The number of rotatable bonds is 5. The first-order chi connectivity index (χ1) is 5.84. The molecule has 0 aromatic carbocycles. The zero-order valence-corrected chi connectivity index (χ0v) is 8.23. The highest BCUT2D eigenvalue weighted by Crippen LogP contribution is 2.19. The minimum Gasteiger partial charge on any atom is -0.453 e. The molecule has 0 bridgehead atoms. The standard InChI is InChI=1S/C10H15ClO/c1-2-3-4-5-6-9-7-8-12-10(9)11/h7-8H,2-6H2,1H3. The van der Waals surface area contributed by atoms with Crippen molar-refractivity contribution in [2.45, 2.75) is 39.0 Å². The first-order valence-electron chi connectivity index (χ1n) is 4.56. The minimum absolute atomic E-state index is 0.562. The van der Waals surface area contributed by atoms with Gasteiger partial charge in [0, 0.05) is 5.56 Å². The molecule has 0 saturated heterocycles. The molecule has 1 aromatic rings. The van der Waals surface area contributed by atoms with Crippen molar-refractivity contribution >= 4 is 11.6 Å². The molecule has 0 aliphatic heterocycles. The molecule has 1 rings (SSSR count). The second-order valence-electron chi connectivity index (χ2n) is 3.03. The summed E-state index contributed by atoms with van der Waals surface area (Å²) in [7, 11) is 0. The fourth-order valence-electron chi connectivity index (χ4n) is 1.24. The van der Waals surface area contributed by atoms with E-state index in [2.05, 4.69) is 6.92 Å². The van der Waals surface area contributed by atoms with Crippen LogP contribution in [0.2, 0.25) is 5.22 Å². The van der Waals surface area contributed by atoms with Crippen molar-refractivity contribution in [2.75, 3.05) is 0 Å². The molecule has 2 heteroatoms. The van der Waals surface area contributed by atoms with Gasteiger partial charge >= 0.3 is 0 Å². The van der Waals surface area contributed by atoms with Crippen LogP contribution in [0.4, 0.5) is 0 Å². The van der Waals surface area contributed by atoms with Gasteiger partial charge in [0.15, 0.2) is 5.22 Å². The van der Waals surface area contributed by atoms with E-state index in [0.717, 1.165) is 12.0 Å². The van der Waals surface area contributed by atoms with Crippen LogP contribution in [0.25, 0.3) is 0 Å². The van der Waals surface area contributed by atoms with E-state index in [1.807, 2.05) is 6.07 Å². The summed E-state index contributed by atoms with van der Waals surface area (Å²) in [4.78, 5) is 0. The normalized spacial score (nSPS) is 10.5. The van der Waals surface area contributed by atoms with Crippen molar-refractivity contribution in [3.8, 4) is 0 Å². The maximum Gasteiger partial charge on any atom is 0.196 e. The number of hydrogen-bond donors (Lipinski definition) is 0. The van der Waals surface area contributed by atoms with Crippen LogP contribution in [0.1, 0.15) is 38.2 Å². The summed E-state index contributed by atoms with van der Waals surface area (Å²) in [5, 5.41) is 0.562. The van der Waals surface area contributed by atoms with Gasteiger partial charge < -0.3 is 4.42 Å². The van der Waals surface area contributed by atoms with Crippen LogP contribution in [0.3, 0.4) is 0 Å². The van der Waals surface area contributed by atoms with Crippen LogP contribution in [-0.2, 0) is 6.42 Å². The Morgan fingerprint density at radius 2 is 2.17 bits per heavy atom. The van der Waals surface area contributed by atoms with Crippen LogP contribution >= 0.6 is 11.6 Å². The Balaban J connectivity index is 2.20. The predicted octanol–water partition coefficient (Wildman–Crippen LogP) is 4.06. The Bertz CT molecular complexity index is 217. The van der Waals surface area contributed by atoms with Crippen LogP contribution in [0.5, 0.6) is 0 Å². The molecule has 0 spiro atoms. The minimum atomic E-state index is 0.562. The van der Waals surface area contributed by atoms with Crippen molar-refractivity contribution in [3.05, 3.63) is 23.1 Å². The fraction of sp³-hybridized carbons (Fsp3) is 0.600. The van der Waals surface area contributed by atoms with Gasteiger partial charge in [-0.3, -0.25) is 0 Å². The van der Waals surface area contributed by atoms with E-state index in [4.69, 9.17) is 16.0 Å². The smallest absolute Gasteiger partial charge is 0.196 e. The monoisotopic (exact) mass is 186 g/mol. The third kappa shape index (κ3) is 2.90. The van der Waals surface area contributed by atoms with Gasteiger partial charge in [-0.2, -0.15) is 0 Å². The molecule has 0 unspecified atom stereocenters. The highest BCUT2D eigenvalue weighted by molar-refractivity contribution is 6.29. The maximum atomic E-state index is 5.79. The summed E-state index contributed by atoms with van der Waals surface area (Å²) < 4.78 is 4.99. The number of hydrogen-bond acceptors (Lipinski definition) is 1. The van der Waals surface area contributed by atoms with Gasteiger partial charge in [-0.15, -0.1) is 0 Å². The van der Waals surface area contributed by atoms with Gasteiger partial charge in [0.2, 0.25) is 0 Å². The second-order valence-corrected chi connectivity index (χ2v) is 3.37. The van der Waals surface area contributed by atoms with Gasteiger partial charge in [-0.05, 0) is 30.5 Å².